The highest BCUT2D eigenvalue weighted by molar-refractivity contribution is 5.77. The van der Waals surface area contributed by atoms with Crippen molar-refractivity contribution in [1.29, 1.82) is 0 Å². The van der Waals surface area contributed by atoms with Gasteiger partial charge in [0.1, 0.15) is 0 Å². The Kier molecular flexibility index (Phi) is 5.88. The molecule has 2 aliphatic rings. The molecule has 2 fully saturated rings. The standard InChI is InChI=1S/C17H32N2O/c1-13(2)10-14(12-18)11-17(20)19-9-5-7-15-6-3-4-8-16(15)19/h13-16H,3-12,18H2,1-2H3/t14?,15-,16-/m1/s1. The first-order chi connectivity index (χ1) is 9.61. The Morgan fingerprint density at radius 1 is 1.20 bits per heavy atom. The summed E-state index contributed by atoms with van der Waals surface area (Å²) in [4.78, 5) is 14.9. The number of hydrogen-bond donors (Lipinski definition) is 1. The summed E-state index contributed by atoms with van der Waals surface area (Å²) in [6, 6.07) is 0.544. The molecule has 1 aliphatic carbocycles. The Labute approximate surface area is 124 Å². The molecule has 1 amide bonds. The molecule has 116 valence electrons. The number of carbonyl (C=O) groups excluding carboxylic acids is 1. The highest BCUT2D eigenvalue weighted by atomic mass is 16.2. The van der Waals surface area contributed by atoms with Gasteiger partial charge in [-0.3, -0.25) is 4.79 Å². The predicted molar refractivity (Wildman–Crippen MR) is 83.3 cm³/mol. The third-order valence-electron chi connectivity index (χ3n) is 5.16. The second-order valence-corrected chi connectivity index (χ2v) is 7.28. The number of hydrogen-bond acceptors (Lipinski definition) is 2. The molecule has 1 heterocycles. The van der Waals surface area contributed by atoms with Crippen molar-refractivity contribution < 1.29 is 4.79 Å². The smallest absolute Gasteiger partial charge is 0.223 e. The van der Waals surface area contributed by atoms with Crippen molar-refractivity contribution in [1.82, 2.24) is 4.90 Å². The van der Waals surface area contributed by atoms with Gasteiger partial charge in [-0.25, -0.2) is 0 Å². The van der Waals surface area contributed by atoms with Gasteiger partial charge in [-0.2, -0.15) is 0 Å². The molecule has 0 aromatic rings. The number of likely N-dealkylation sites (tertiary alicyclic amines) is 1. The molecule has 0 aromatic heterocycles. The highest BCUT2D eigenvalue weighted by Crippen LogP contribution is 2.35. The van der Waals surface area contributed by atoms with E-state index in [-0.39, 0.29) is 0 Å². The Bertz CT molecular complexity index is 314. The number of nitrogens with two attached hydrogens (primary N) is 1. The Hall–Kier alpha value is -0.570. The van der Waals surface area contributed by atoms with Crippen LogP contribution >= 0.6 is 0 Å². The Balaban J connectivity index is 1.92. The molecule has 0 spiro atoms. The van der Waals surface area contributed by atoms with E-state index in [0.29, 0.717) is 36.8 Å². The molecule has 1 unspecified atom stereocenters. The van der Waals surface area contributed by atoms with Gasteiger partial charge in [0.2, 0.25) is 5.91 Å². The summed E-state index contributed by atoms with van der Waals surface area (Å²) in [6.07, 6.45) is 9.50. The van der Waals surface area contributed by atoms with Crippen LogP contribution in [0.4, 0.5) is 0 Å². The van der Waals surface area contributed by atoms with E-state index in [1.54, 1.807) is 0 Å². The zero-order valence-electron chi connectivity index (χ0n) is 13.3. The largest absolute Gasteiger partial charge is 0.339 e. The van der Waals surface area contributed by atoms with Crippen LogP contribution in [0.2, 0.25) is 0 Å². The van der Waals surface area contributed by atoms with E-state index in [0.717, 1.165) is 18.9 Å². The molecule has 1 aliphatic heterocycles. The fourth-order valence-electron chi connectivity index (χ4n) is 4.23. The van der Waals surface area contributed by atoms with Crippen LogP contribution in [0.1, 0.15) is 65.2 Å². The van der Waals surface area contributed by atoms with Gasteiger partial charge in [-0.05, 0) is 56.4 Å². The van der Waals surface area contributed by atoms with Gasteiger partial charge in [0, 0.05) is 19.0 Å². The zero-order valence-corrected chi connectivity index (χ0v) is 13.3. The number of rotatable bonds is 5. The quantitative estimate of drug-likeness (QED) is 0.840. The monoisotopic (exact) mass is 280 g/mol. The fraction of sp³-hybridized carbons (Fsp3) is 0.941. The van der Waals surface area contributed by atoms with Crippen molar-refractivity contribution in [3.63, 3.8) is 0 Å². The molecule has 3 nitrogen and oxygen atoms in total. The van der Waals surface area contributed by atoms with Gasteiger partial charge < -0.3 is 10.6 Å². The minimum atomic E-state index is 0.367. The third-order valence-corrected chi connectivity index (χ3v) is 5.16. The number of piperidine rings is 1. The molecule has 3 heteroatoms. The molecule has 0 bridgehead atoms. The summed E-state index contributed by atoms with van der Waals surface area (Å²) in [6.45, 7) is 6.06. The predicted octanol–water partition coefficient (Wildman–Crippen LogP) is 3.18. The van der Waals surface area contributed by atoms with Gasteiger partial charge in [0.25, 0.3) is 0 Å². The number of carbonyl (C=O) groups is 1. The summed E-state index contributed by atoms with van der Waals surface area (Å²) in [5.74, 6) is 2.15. The number of amides is 1. The van der Waals surface area contributed by atoms with E-state index in [1.807, 2.05) is 0 Å². The van der Waals surface area contributed by atoms with Crippen molar-refractivity contribution >= 4 is 5.91 Å². The average molecular weight is 280 g/mol. The zero-order chi connectivity index (χ0) is 14.5. The normalized spacial score (nSPS) is 28.3. The van der Waals surface area contributed by atoms with E-state index in [1.165, 1.54) is 38.5 Å². The molecule has 1 saturated carbocycles. The highest BCUT2D eigenvalue weighted by Gasteiger charge is 2.35. The molecule has 1 saturated heterocycles. The lowest BCUT2D eigenvalue weighted by molar-refractivity contribution is -0.138. The van der Waals surface area contributed by atoms with Gasteiger partial charge in [-0.15, -0.1) is 0 Å². The van der Waals surface area contributed by atoms with Crippen molar-refractivity contribution in [3.8, 4) is 0 Å². The fourth-order valence-corrected chi connectivity index (χ4v) is 4.23. The molecule has 0 radical (unpaired) electrons. The lowest BCUT2D eigenvalue weighted by Crippen LogP contribution is -2.50. The summed E-state index contributed by atoms with van der Waals surface area (Å²) in [5.41, 5.74) is 5.86. The first-order valence-electron chi connectivity index (χ1n) is 8.61. The maximum Gasteiger partial charge on any atom is 0.223 e. The van der Waals surface area contributed by atoms with Crippen LogP contribution in [0.25, 0.3) is 0 Å². The maximum atomic E-state index is 12.7. The van der Waals surface area contributed by atoms with Crippen molar-refractivity contribution in [2.24, 2.45) is 23.5 Å². The van der Waals surface area contributed by atoms with Crippen LogP contribution in [-0.2, 0) is 4.79 Å². The molecular formula is C17H32N2O. The van der Waals surface area contributed by atoms with Crippen LogP contribution in [0.5, 0.6) is 0 Å². The molecule has 20 heavy (non-hydrogen) atoms. The Morgan fingerprint density at radius 2 is 1.90 bits per heavy atom. The Morgan fingerprint density at radius 3 is 2.60 bits per heavy atom. The molecule has 0 aromatic carbocycles. The van der Waals surface area contributed by atoms with Gasteiger partial charge in [-0.1, -0.05) is 26.7 Å². The summed E-state index contributed by atoms with van der Waals surface area (Å²) in [5, 5.41) is 0. The van der Waals surface area contributed by atoms with Crippen molar-refractivity contribution in [2.75, 3.05) is 13.1 Å². The minimum absolute atomic E-state index is 0.367. The molecule has 3 atom stereocenters. The second-order valence-electron chi connectivity index (χ2n) is 7.28. The topological polar surface area (TPSA) is 46.3 Å². The maximum absolute atomic E-state index is 12.7. The van der Waals surface area contributed by atoms with Gasteiger partial charge in [0.05, 0.1) is 0 Å². The van der Waals surface area contributed by atoms with E-state index < -0.39 is 0 Å². The average Bonchev–Trinajstić information content (AvgIpc) is 2.45. The second kappa shape index (κ2) is 7.44. The minimum Gasteiger partial charge on any atom is -0.339 e. The third kappa shape index (κ3) is 3.97. The van der Waals surface area contributed by atoms with Crippen LogP contribution in [0, 0.1) is 17.8 Å². The number of nitrogens with zero attached hydrogens (tertiary/aromatic N) is 1. The van der Waals surface area contributed by atoms with E-state index in [4.69, 9.17) is 5.73 Å². The summed E-state index contributed by atoms with van der Waals surface area (Å²) in [7, 11) is 0. The summed E-state index contributed by atoms with van der Waals surface area (Å²) < 4.78 is 0. The van der Waals surface area contributed by atoms with Crippen LogP contribution in [0.3, 0.4) is 0 Å². The van der Waals surface area contributed by atoms with Crippen molar-refractivity contribution in [2.45, 2.75) is 71.3 Å². The van der Waals surface area contributed by atoms with E-state index in [9.17, 15) is 4.79 Å². The van der Waals surface area contributed by atoms with Crippen LogP contribution in [0.15, 0.2) is 0 Å². The van der Waals surface area contributed by atoms with E-state index >= 15 is 0 Å². The van der Waals surface area contributed by atoms with Crippen LogP contribution < -0.4 is 5.73 Å². The van der Waals surface area contributed by atoms with Crippen LogP contribution in [-0.4, -0.2) is 29.9 Å². The summed E-state index contributed by atoms with van der Waals surface area (Å²) >= 11 is 0. The van der Waals surface area contributed by atoms with Crippen molar-refractivity contribution in [3.05, 3.63) is 0 Å². The first kappa shape index (κ1) is 15.8. The lowest BCUT2D eigenvalue weighted by Gasteiger charge is -2.44. The molecular weight excluding hydrogens is 248 g/mol. The molecule has 2 N–H and O–H groups in total. The molecule has 2 rings (SSSR count). The first-order valence-corrected chi connectivity index (χ1v) is 8.61. The van der Waals surface area contributed by atoms with E-state index in [2.05, 4.69) is 18.7 Å². The SMILES string of the molecule is CC(C)CC(CN)CC(=O)N1CCC[C@H]2CCCC[C@H]21. The van der Waals surface area contributed by atoms with Gasteiger partial charge >= 0.3 is 0 Å². The number of fused-ring (bicyclic) bond motifs is 1. The van der Waals surface area contributed by atoms with Gasteiger partial charge in [0.15, 0.2) is 0 Å². The lowest BCUT2D eigenvalue weighted by atomic mass is 9.78.